The Morgan fingerprint density at radius 1 is 1.42 bits per heavy atom. The normalized spacial score (nSPS) is 22.8. The average molecular weight is 265 g/mol. The molecule has 1 aliphatic rings. The van der Waals surface area contributed by atoms with E-state index in [0.717, 1.165) is 29.8 Å². The standard InChI is InChI=1S/C16H24FNO/c1-12-10-14(19-3)7-8-15(12)16(2,17)11-13-6-4-5-9-18-13/h7-8,10,13,18H,4-6,9,11H2,1-3H3. The summed E-state index contributed by atoms with van der Waals surface area (Å²) in [6, 6.07) is 5.90. The number of hydrogen-bond acceptors (Lipinski definition) is 2. The van der Waals surface area contributed by atoms with E-state index in [2.05, 4.69) is 5.32 Å². The monoisotopic (exact) mass is 265 g/mol. The highest BCUT2D eigenvalue weighted by molar-refractivity contribution is 5.38. The molecular formula is C16H24FNO. The molecule has 0 spiro atoms. The van der Waals surface area contributed by atoms with E-state index in [-0.39, 0.29) is 0 Å². The maximum absolute atomic E-state index is 15.0. The Hall–Kier alpha value is -1.09. The minimum atomic E-state index is -1.29. The van der Waals surface area contributed by atoms with Crippen molar-refractivity contribution in [1.82, 2.24) is 5.32 Å². The third-order valence-electron chi connectivity index (χ3n) is 4.04. The zero-order valence-corrected chi connectivity index (χ0v) is 12.1. The van der Waals surface area contributed by atoms with Crippen LogP contribution in [0.3, 0.4) is 0 Å². The van der Waals surface area contributed by atoms with E-state index in [1.165, 1.54) is 12.8 Å². The van der Waals surface area contributed by atoms with Crippen molar-refractivity contribution in [3.05, 3.63) is 29.3 Å². The van der Waals surface area contributed by atoms with Gasteiger partial charge >= 0.3 is 0 Å². The van der Waals surface area contributed by atoms with Gasteiger partial charge in [0.15, 0.2) is 0 Å². The Morgan fingerprint density at radius 3 is 2.79 bits per heavy atom. The van der Waals surface area contributed by atoms with Crippen LogP contribution in [0.15, 0.2) is 18.2 Å². The van der Waals surface area contributed by atoms with Crippen molar-refractivity contribution in [3.63, 3.8) is 0 Å². The van der Waals surface area contributed by atoms with Crippen molar-refractivity contribution < 1.29 is 9.13 Å². The van der Waals surface area contributed by atoms with E-state index >= 15 is 4.39 Å². The van der Waals surface area contributed by atoms with Crippen LogP contribution in [0.2, 0.25) is 0 Å². The van der Waals surface area contributed by atoms with Crippen LogP contribution in [0.1, 0.15) is 43.7 Å². The van der Waals surface area contributed by atoms with Crippen molar-refractivity contribution >= 4 is 0 Å². The first-order valence-electron chi connectivity index (χ1n) is 7.10. The number of benzene rings is 1. The van der Waals surface area contributed by atoms with Gasteiger partial charge in [0.2, 0.25) is 0 Å². The molecule has 1 aliphatic heterocycles. The molecule has 0 aromatic heterocycles. The van der Waals surface area contributed by atoms with Crippen LogP contribution in [-0.2, 0) is 5.67 Å². The molecule has 2 rings (SSSR count). The predicted octanol–water partition coefficient (Wildman–Crippen LogP) is 3.72. The summed E-state index contributed by atoms with van der Waals surface area (Å²) in [5.41, 5.74) is 0.451. The van der Waals surface area contributed by atoms with Crippen molar-refractivity contribution in [2.75, 3.05) is 13.7 Å². The third-order valence-corrected chi connectivity index (χ3v) is 4.04. The first-order valence-corrected chi connectivity index (χ1v) is 7.10. The number of nitrogens with one attached hydrogen (secondary N) is 1. The van der Waals surface area contributed by atoms with Gasteiger partial charge in [-0.15, -0.1) is 0 Å². The molecule has 1 fully saturated rings. The van der Waals surface area contributed by atoms with Gasteiger partial charge in [-0.3, -0.25) is 0 Å². The molecule has 0 bridgehead atoms. The maximum atomic E-state index is 15.0. The van der Waals surface area contributed by atoms with Crippen molar-refractivity contribution in [1.29, 1.82) is 0 Å². The van der Waals surface area contributed by atoms with Gasteiger partial charge in [-0.2, -0.15) is 0 Å². The summed E-state index contributed by atoms with van der Waals surface area (Å²) in [5, 5.41) is 3.42. The Bertz CT molecular complexity index is 425. The lowest BCUT2D eigenvalue weighted by Crippen LogP contribution is -2.38. The van der Waals surface area contributed by atoms with E-state index in [4.69, 9.17) is 4.74 Å². The molecule has 2 atom stereocenters. The minimum Gasteiger partial charge on any atom is -0.497 e. The van der Waals surface area contributed by atoms with Gasteiger partial charge < -0.3 is 10.1 Å². The van der Waals surface area contributed by atoms with E-state index in [9.17, 15) is 0 Å². The second-order valence-corrected chi connectivity index (χ2v) is 5.73. The number of alkyl halides is 1. The molecule has 0 saturated carbocycles. The smallest absolute Gasteiger partial charge is 0.135 e. The number of hydrogen-bond donors (Lipinski definition) is 1. The highest BCUT2D eigenvalue weighted by Crippen LogP contribution is 2.35. The molecule has 2 unspecified atom stereocenters. The molecule has 3 heteroatoms. The average Bonchev–Trinajstić information content (AvgIpc) is 2.38. The molecule has 1 heterocycles. The molecule has 0 aliphatic carbocycles. The number of rotatable bonds is 4. The SMILES string of the molecule is COc1ccc(C(C)(F)CC2CCCCN2)c(C)c1. The molecule has 2 nitrogen and oxygen atoms in total. The fourth-order valence-electron chi connectivity index (χ4n) is 3.02. The predicted molar refractivity (Wildman–Crippen MR) is 76.4 cm³/mol. The summed E-state index contributed by atoms with van der Waals surface area (Å²) in [6.45, 7) is 4.66. The molecule has 19 heavy (non-hydrogen) atoms. The molecular weight excluding hydrogens is 241 g/mol. The number of ether oxygens (including phenoxy) is 1. The lowest BCUT2D eigenvalue weighted by Gasteiger charge is -2.31. The zero-order chi connectivity index (χ0) is 13.9. The van der Waals surface area contributed by atoms with E-state index in [1.54, 1.807) is 14.0 Å². The van der Waals surface area contributed by atoms with Crippen LogP contribution in [-0.4, -0.2) is 19.7 Å². The number of halogens is 1. The molecule has 0 radical (unpaired) electrons. The largest absolute Gasteiger partial charge is 0.497 e. The fourth-order valence-corrected chi connectivity index (χ4v) is 3.02. The van der Waals surface area contributed by atoms with E-state index in [0.29, 0.717) is 12.5 Å². The molecule has 1 N–H and O–H groups in total. The van der Waals surface area contributed by atoms with Crippen LogP contribution in [0.4, 0.5) is 4.39 Å². The molecule has 106 valence electrons. The topological polar surface area (TPSA) is 21.3 Å². The maximum Gasteiger partial charge on any atom is 0.135 e. The lowest BCUT2D eigenvalue weighted by molar-refractivity contribution is 0.145. The van der Waals surface area contributed by atoms with Crippen LogP contribution in [0.25, 0.3) is 0 Å². The molecule has 1 aromatic carbocycles. The van der Waals surface area contributed by atoms with Gasteiger partial charge in [-0.25, -0.2) is 4.39 Å². The Kier molecular flexibility index (Phi) is 4.46. The summed E-state index contributed by atoms with van der Waals surface area (Å²) in [6.07, 6.45) is 4.03. The first kappa shape index (κ1) is 14.3. The van der Waals surface area contributed by atoms with Gasteiger partial charge in [0.25, 0.3) is 0 Å². The Labute approximate surface area is 115 Å². The molecule has 1 saturated heterocycles. The minimum absolute atomic E-state index is 0.297. The quantitative estimate of drug-likeness (QED) is 0.896. The van der Waals surface area contributed by atoms with Crippen LogP contribution < -0.4 is 10.1 Å². The van der Waals surface area contributed by atoms with Gasteiger partial charge in [0.05, 0.1) is 7.11 Å². The van der Waals surface area contributed by atoms with E-state index < -0.39 is 5.67 Å². The highest BCUT2D eigenvalue weighted by atomic mass is 19.1. The zero-order valence-electron chi connectivity index (χ0n) is 12.1. The second kappa shape index (κ2) is 5.91. The Balaban J connectivity index is 2.13. The van der Waals surface area contributed by atoms with Crippen molar-refractivity contribution in [3.8, 4) is 5.75 Å². The van der Waals surface area contributed by atoms with Crippen LogP contribution >= 0.6 is 0 Å². The molecule has 1 aromatic rings. The summed E-state index contributed by atoms with van der Waals surface area (Å²) in [7, 11) is 1.63. The van der Waals surface area contributed by atoms with Crippen LogP contribution in [0, 0.1) is 6.92 Å². The van der Waals surface area contributed by atoms with E-state index in [1.807, 2.05) is 25.1 Å². The number of piperidine rings is 1. The fraction of sp³-hybridized carbons (Fsp3) is 0.625. The molecule has 0 amide bonds. The Morgan fingerprint density at radius 2 is 2.21 bits per heavy atom. The summed E-state index contributed by atoms with van der Waals surface area (Å²) < 4.78 is 20.2. The van der Waals surface area contributed by atoms with Crippen LogP contribution in [0.5, 0.6) is 5.75 Å². The summed E-state index contributed by atoms with van der Waals surface area (Å²) >= 11 is 0. The van der Waals surface area contributed by atoms with Crippen molar-refractivity contribution in [2.45, 2.75) is 51.2 Å². The summed E-state index contributed by atoms with van der Waals surface area (Å²) in [4.78, 5) is 0. The first-order chi connectivity index (χ1) is 9.03. The van der Waals surface area contributed by atoms with Crippen molar-refractivity contribution in [2.24, 2.45) is 0 Å². The highest BCUT2D eigenvalue weighted by Gasteiger charge is 2.31. The second-order valence-electron chi connectivity index (χ2n) is 5.73. The lowest BCUT2D eigenvalue weighted by atomic mass is 9.85. The number of aryl methyl sites for hydroxylation is 1. The van der Waals surface area contributed by atoms with Gasteiger partial charge in [0.1, 0.15) is 11.4 Å². The third kappa shape index (κ3) is 3.47. The number of methoxy groups -OCH3 is 1. The van der Waals surface area contributed by atoms with Gasteiger partial charge in [0, 0.05) is 12.5 Å². The summed E-state index contributed by atoms with van der Waals surface area (Å²) in [5.74, 6) is 0.785. The van der Waals surface area contributed by atoms with Gasteiger partial charge in [-0.05, 0) is 56.5 Å². The van der Waals surface area contributed by atoms with Gasteiger partial charge in [-0.1, -0.05) is 12.5 Å².